The zero-order valence-electron chi connectivity index (χ0n) is 10.8. The highest BCUT2D eigenvalue weighted by Crippen LogP contribution is 2.21. The second kappa shape index (κ2) is 5.69. The van der Waals surface area contributed by atoms with Crippen molar-refractivity contribution in [3.8, 4) is 0 Å². The minimum Gasteiger partial charge on any atom is -0.317 e. The molecule has 1 fully saturated rings. The van der Waals surface area contributed by atoms with Crippen LogP contribution in [0.2, 0.25) is 0 Å². The van der Waals surface area contributed by atoms with Crippen LogP contribution < -0.4 is 10.0 Å². The van der Waals surface area contributed by atoms with Crippen LogP contribution in [0.15, 0.2) is 6.07 Å². The van der Waals surface area contributed by atoms with Gasteiger partial charge in [-0.2, -0.15) is 0 Å². The smallest absolute Gasteiger partial charge is 0.214 e. The summed E-state index contributed by atoms with van der Waals surface area (Å²) in [5.74, 6) is 0. The van der Waals surface area contributed by atoms with Crippen LogP contribution in [0.1, 0.15) is 28.2 Å². The summed E-state index contributed by atoms with van der Waals surface area (Å²) in [7, 11) is -3.17. The summed E-state index contributed by atoms with van der Waals surface area (Å²) in [6.45, 7) is 6.12. The molecular weight excluding hydrogens is 268 g/mol. The van der Waals surface area contributed by atoms with Gasteiger partial charge in [0, 0.05) is 16.3 Å². The lowest BCUT2D eigenvalue weighted by atomic mass is 10.2. The van der Waals surface area contributed by atoms with Crippen molar-refractivity contribution in [2.45, 2.75) is 38.5 Å². The second-order valence-corrected chi connectivity index (χ2v) is 8.15. The Hall–Kier alpha value is -0.430. The first-order chi connectivity index (χ1) is 8.49. The molecule has 2 heterocycles. The van der Waals surface area contributed by atoms with Gasteiger partial charge in [0.05, 0.1) is 5.25 Å². The van der Waals surface area contributed by atoms with Gasteiger partial charge >= 0.3 is 0 Å². The lowest BCUT2D eigenvalue weighted by Gasteiger charge is -2.22. The van der Waals surface area contributed by atoms with E-state index in [1.54, 1.807) is 11.3 Å². The minimum absolute atomic E-state index is 0.235. The summed E-state index contributed by atoms with van der Waals surface area (Å²) >= 11 is 1.66. The van der Waals surface area contributed by atoms with Crippen molar-refractivity contribution in [1.29, 1.82) is 0 Å². The Morgan fingerprint density at radius 2 is 2.06 bits per heavy atom. The Bertz CT molecular complexity index is 483. The molecule has 0 amide bonds. The van der Waals surface area contributed by atoms with Crippen LogP contribution >= 0.6 is 11.3 Å². The van der Waals surface area contributed by atoms with Gasteiger partial charge in [-0.3, -0.25) is 0 Å². The molecule has 0 atom stereocenters. The number of hydrogen-bond donors (Lipinski definition) is 2. The third kappa shape index (κ3) is 3.32. The van der Waals surface area contributed by atoms with E-state index in [0.717, 1.165) is 18.0 Å². The van der Waals surface area contributed by atoms with E-state index in [9.17, 15) is 8.42 Å². The fourth-order valence-corrected chi connectivity index (χ4v) is 4.67. The van der Waals surface area contributed by atoms with Crippen molar-refractivity contribution in [3.63, 3.8) is 0 Å². The quantitative estimate of drug-likeness (QED) is 0.883. The van der Waals surface area contributed by atoms with Crippen LogP contribution in [-0.2, 0) is 16.6 Å². The van der Waals surface area contributed by atoms with Crippen molar-refractivity contribution in [1.82, 2.24) is 10.0 Å². The molecule has 0 unspecified atom stereocenters. The van der Waals surface area contributed by atoms with Crippen LogP contribution in [0.3, 0.4) is 0 Å². The topological polar surface area (TPSA) is 58.2 Å². The summed E-state index contributed by atoms with van der Waals surface area (Å²) in [5.41, 5.74) is 1.23. The molecule has 0 aromatic carbocycles. The van der Waals surface area contributed by atoms with Gasteiger partial charge in [0.15, 0.2) is 0 Å². The predicted octanol–water partition coefficient (Wildman–Crippen LogP) is 1.54. The Morgan fingerprint density at radius 1 is 1.39 bits per heavy atom. The first-order valence-electron chi connectivity index (χ1n) is 6.24. The van der Waals surface area contributed by atoms with E-state index in [4.69, 9.17) is 0 Å². The van der Waals surface area contributed by atoms with E-state index in [1.807, 2.05) is 0 Å². The molecule has 4 nitrogen and oxygen atoms in total. The lowest BCUT2D eigenvalue weighted by molar-refractivity contribution is 0.489. The highest BCUT2D eigenvalue weighted by atomic mass is 32.2. The average molecular weight is 288 g/mol. The third-order valence-electron chi connectivity index (χ3n) is 3.39. The van der Waals surface area contributed by atoms with Crippen molar-refractivity contribution >= 4 is 21.4 Å². The van der Waals surface area contributed by atoms with Gasteiger partial charge < -0.3 is 5.32 Å². The predicted molar refractivity (Wildman–Crippen MR) is 75.4 cm³/mol. The molecule has 1 aliphatic heterocycles. The zero-order valence-corrected chi connectivity index (χ0v) is 12.5. The Labute approximate surface area is 113 Å². The van der Waals surface area contributed by atoms with Gasteiger partial charge in [0.2, 0.25) is 10.0 Å². The fourth-order valence-electron chi connectivity index (χ4n) is 2.13. The standard InChI is InChI=1S/C12H20N2O2S2/c1-9-7-11(17-10(9)2)8-14-18(15,16)12-3-5-13-6-4-12/h7,12-14H,3-6,8H2,1-2H3. The summed E-state index contributed by atoms with van der Waals surface area (Å²) in [6, 6.07) is 2.06. The maximum absolute atomic E-state index is 12.1. The molecule has 1 saturated heterocycles. The molecule has 102 valence electrons. The van der Waals surface area contributed by atoms with Gasteiger partial charge in [-0.1, -0.05) is 0 Å². The molecule has 18 heavy (non-hydrogen) atoms. The molecule has 0 saturated carbocycles. The molecule has 1 aliphatic rings. The molecular formula is C12H20N2O2S2. The van der Waals surface area contributed by atoms with Gasteiger partial charge in [-0.05, 0) is 51.4 Å². The lowest BCUT2D eigenvalue weighted by Crippen LogP contribution is -2.41. The first-order valence-corrected chi connectivity index (χ1v) is 8.60. The highest BCUT2D eigenvalue weighted by Gasteiger charge is 2.26. The van der Waals surface area contributed by atoms with Crippen molar-refractivity contribution < 1.29 is 8.42 Å². The fraction of sp³-hybridized carbons (Fsp3) is 0.667. The number of piperidine rings is 1. The molecule has 2 rings (SSSR count). The van der Waals surface area contributed by atoms with Crippen molar-refractivity contribution in [2.24, 2.45) is 0 Å². The van der Waals surface area contributed by atoms with E-state index < -0.39 is 10.0 Å². The Balaban J connectivity index is 1.96. The van der Waals surface area contributed by atoms with E-state index in [1.165, 1.54) is 10.4 Å². The largest absolute Gasteiger partial charge is 0.317 e. The van der Waals surface area contributed by atoms with Crippen molar-refractivity contribution in [3.05, 3.63) is 21.4 Å². The van der Waals surface area contributed by atoms with E-state index in [-0.39, 0.29) is 5.25 Å². The maximum Gasteiger partial charge on any atom is 0.214 e. The average Bonchev–Trinajstić information content (AvgIpc) is 2.68. The van der Waals surface area contributed by atoms with Crippen molar-refractivity contribution in [2.75, 3.05) is 13.1 Å². The number of sulfonamides is 1. The molecule has 0 spiro atoms. The summed E-state index contributed by atoms with van der Waals surface area (Å²) in [6.07, 6.45) is 1.41. The molecule has 6 heteroatoms. The number of thiophene rings is 1. The monoisotopic (exact) mass is 288 g/mol. The van der Waals surface area contributed by atoms with E-state index in [2.05, 4.69) is 30.0 Å². The zero-order chi connectivity index (χ0) is 13.2. The number of hydrogen-bond acceptors (Lipinski definition) is 4. The van der Waals surface area contributed by atoms with Gasteiger partial charge in [0.25, 0.3) is 0 Å². The van der Waals surface area contributed by atoms with E-state index >= 15 is 0 Å². The summed E-state index contributed by atoms with van der Waals surface area (Å²) in [5, 5.41) is 2.95. The molecule has 0 radical (unpaired) electrons. The van der Waals surface area contributed by atoms with Crippen LogP contribution in [0.5, 0.6) is 0 Å². The van der Waals surface area contributed by atoms with Gasteiger partial charge in [0.1, 0.15) is 0 Å². The summed E-state index contributed by atoms with van der Waals surface area (Å²) < 4.78 is 27.0. The van der Waals surface area contributed by atoms with E-state index in [0.29, 0.717) is 19.4 Å². The van der Waals surface area contributed by atoms with Crippen LogP contribution in [-0.4, -0.2) is 26.8 Å². The number of aryl methyl sites for hydroxylation is 2. The first kappa shape index (κ1) is 14.0. The van der Waals surface area contributed by atoms with Crippen LogP contribution in [0.25, 0.3) is 0 Å². The Kier molecular flexibility index (Phi) is 4.42. The van der Waals surface area contributed by atoms with Crippen LogP contribution in [0, 0.1) is 13.8 Å². The minimum atomic E-state index is -3.17. The van der Waals surface area contributed by atoms with Gasteiger partial charge in [-0.15, -0.1) is 11.3 Å². The summed E-state index contributed by atoms with van der Waals surface area (Å²) in [4.78, 5) is 2.34. The second-order valence-electron chi connectivity index (χ2n) is 4.77. The number of nitrogens with one attached hydrogen (secondary N) is 2. The maximum atomic E-state index is 12.1. The highest BCUT2D eigenvalue weighted by molar-refractivity contribution is 7.90. The van der Waals surface area contributed by atoms with Crippen LogP contribution in [0.4, 0.5) is 0 Å². The molecule has 0 bridgehead atoms. The van der Waals surface area contributed by atoms with Gasteiger partial charge in [-0.25, -0.2) is 13.1 Å². The molecule has 0 aliphatic carbocycles. The SMILES string of the molecule is Cc1cc(CNS(=O)(=O)C2CCNCC2)sc1C. The number of rotatable bonds is 4. The molecule has 1 aromatic rings. The molecule has 1 aromatic heterocycles. The third-order valence-corrected chi connectivity index (χ3v) is 6.44. The normalized spacial score (nSPS) is 18.1. The Morgan fingerprint density at radius 3 is 2.61 bits per heavy atom. The molecule has 2 N–H and O–H groups in total.